The van der Waals surface area contributed by atoms with Crippen LogP contribution in [0.15, 0.2) is 24.3 Å². The Morgan fingerprint density at radius 2 is 1.64 bits per heavy atom. The first-order valence-corrected chi connectivity index (χ1v) is 5.36. The van der Waals surface area contributed by atoms with E-state index in [0.717, 1.165) is 12.8 Å². The maximum absolute atomic E-state index is 9.16. The molecule has 1 unspecified atom stereocenters. The molecule has 1 aromatic rings. The van der Waals surface area contributed by atoms with Gasteiger partial charge in [0.25, 0.3) is 0 Å². The molecule has 0 saturated heterocycles. The molecule has 0 aliphatic carbocycles. The number of hydrogen-bond acceptors (Lipinski definition) is 1. The summed E-state index contributed by atoms with van der Waals surface area (Å²) in [7, 11) is 0. The van der Waals surface area contributed by atoms with Crippen molar-refractivity contribution in [1.82, 2.24) is 0 Å². The van der Waals surface area contributed by atoms with Gasteiger partial charge in [0.1, 0.15) is 0 Å². The standard InChI is InChI=1S/C13H20O/c1-10(2)13-8-6-12(7-9-13)5-4-11(3)14/h6-11,14H,4-5H2,1-3H3. The zero-order chi connectivity index (χ0) is 10.6. The van der Waals surface area contributed by atoms with E-state index in [-0.39, 0.29) is 6.10 Å². The molecule has 0 heterocycles. The SMILES string of the molecule is CC(O)CCc1ccc(C(C)C)cc1. The molecule has 14 heavy (non-hydrogen) atoms. The second-order valence-electron chi connectivity index (χ2n) is 4.28. The minimum absolute atomic E-state index is 0.195. The topological polar surface area (TPSA) is 20.2 Å². The van der Waals surface area contributed by atoms with E-state index in [1.807, 2.05) is 6.92 Å². The summed E-state index contributed by atoms with van der Waals surface area (Å²) in [6, 6.07) is 8.69. The van der Waals surface area contributed by atoms with E-state index >= 15 is 0 Å². The summed E-state index contributed by atoms with van der Waals surface area (Å²) in [4.78, 5) is 0. The van der Waals surface area contributed by atoms with Gasteiger partial charge in [-0.1, -0.05) is 38.1 Å². The molecule has 0 radical (unpaired) electrons. The molecule has 0 aliphatic heterocycles. The molecule has 1 nitrogen and oxygen atoms in total. The average Bonchev–Trinajstić information content (AvgIpc) is 2.15. The first kappa shape index (κ1) is 11.3. The number of aryl methyl sites for hydroxylation is 1. The van der Waals surface area contributed by atoms with Crippen LogP contribution in [0.2, 0.25) is 0 Å². The van der Waals surface area contributed by atoms with Gasteiger partial charge in [-0.05, 0) is 36.8 Å². The van der Waals surface area contributed by atoms with Crippen molar-refractivity contribution in [1.29, 1.82) is 0 Å². The van der Waals surface area contributed by atoms with Crippen molar-refractivity contribution in [3.05, 3.63) is 35.4 Å². The maximum Gasteiger partial charge on any atom is 0.0515 e. The lowest BCUT2D eigenvalue weighted by Crippen LogP contribution is -2.01. The molecule has 0 saturated carbocycles. The molecule has 0 fully saturated rings. The van der Waals surface area contributed by atoms with E-state index < -0.39 is 0 Å². The van der Waals surface area contributed by atoms with Crippen LogP contribution in [0.1, 0.15) is 44.2 Å². The summed E-state index contributed by atoms with van der Waals surface area (Å²) in [6.07, 6.45) is 1.62. The lowest BCUT2D eigenvalue weighted by Gasteiger charge is -2.07. The average molecular weight is 192 g/mol. The van der Waals surface area contributed by atoms with Crippen molar-refractivity contribution in [2.45, 2.75) is 45.6 Å². The fraction of sp³-hybridized carbons (Fsp3) is 0.538. The summed E-state index contributed by atoms with van der Waals surface area (Å²) in [5.74, 6) is 0.598. The molecule has 1 N–H and O–H groups in total. The Hall–Kier alpha value is -0.820. The highest BCUT2D eigenvalue weighted by Crippen LogP contribution is 2.15. The molecule has 0 bridgehead atoms. The number of benzene rings is 1. The summed E-state index contributed by atoms with van der Waals surface area (Å²) in [5.41, 5.74) is 2.70. The molecule has 0 aliphatic rings. The first-order chi connectivity index (χ1) is 6.59. The lowest BCUT2D eigenvalue weighted by molar-refractivity contribution is 0.185. The van der Waals surface area contributed by atoms with Gasteiger partial charge in [-0.25, -0.2) is 0 Å². The van der Waals surface area contributed by atoms with Crippen molar-refractivity contribution in [3.63, 3.8) is 0 Å². The van der Waals surface area contributed by atoms with Crippen LogP contribution in [0.4, 0.5) is 0 Å². The Bertz CT molecular complexity index is 259. The molecule has 0 spiro atoms. The Labute approximate surface area is 86.8 Å². The van der Waals surface area contributed by atoms with E-state index in [2.05, 4.69) is 38.1 Å². The minimum atomic E-state index is -0.195. The third kappa shape index (κ3) is 3.51. The summed E-state index contributed by atoms with van der Waals surface area (Å²) < 4.78 is 0. The van der Waals surface area contributed by atoms with Gasteiger partial charge in [-0.3, -0.25) is 0 Å². The third-order valence-corrected chi connectivity index (χ3v) is 2.50. The largest absolute Gasteiger partial charge is 0.393 e. The van der Waals surface area contributed by atoms with Gasteiger partial charge >= 0.3 is 0 Å². The van der Waals surface area contributed by atoms with Crippen LogP contribution in [-0.4, -0.2) is 11.2 Å². The van der Waals surface area contributed by atoms with Crippen molar-refractivity contribution in [2.24, 2.45) is 0 Å². The van der Waals surface area contributed by atoms with Crippen LogP contribution in [0.5, 0.6) is 0 Å². The van der Waals surface area contributed by atoms with Gasteiger partial charge in [0.15, 0.2) is 0 Å². The molecule has 1 atom stereocenters. The number of aliphatic hydroxyl groups excluding tert-OH is 1. The van der Waals surface area contributed by atoms with Crippen molar-refractivity contribution in [2.75, 3.05) is 0 Å². The molecule has 78 valence electrons. The zero-order valence-electron chi connectivity index (χ0n) is 9.33. The molecular weight excluding hydrogens is 172 g/mol. The van der Waals surface area contributed by atoms with E-state index in [1.165, 1.54) is 11.1 Å². The molecule has 1 rings (SSSR count). The highest BCUT2D eigenvalue weighted by Gasteiger charge is 2.00. The van der Waals surface area contributed by atoms with Crippen molar-refractivity contribution >= 4 is 0 Å². The highest BCUT2D eigenvalue weighted by molar-refractivity contribution is 5.24. The van der Waals surface area contributed by atoms with Gasteiger partial charge in [0.2, 0.25) is 0 Å². The molecule has 0 amide bonds. The maximum atomic E-state index is 9.16. The van der Waals surface area contributed by atoms with Crippen LogP contribution in [0, 0.1) is 0 Å². The van der Waals surface area contributed by atoms with Gasteiger partial charge < -0.3 is 5.11 Å². The fourth-order valence-electron chi connectivity index (χ4n) is 1.44. The monoisotopic (exact) mass is 192 g/mol. The summed E-state index contributed by atoms with van der Waals surface area (Å²) in [5, 5.41) is 9.16. The second-order valence-corrected chi connectivity index (χ2v) is 4.28. The van der Waals surface area contributed by atoms with Gasteiger partial charge in [0.05, 0.1) is 6.10 Å². The summed E-state index contributed by atoms with van der Waals surface area (Å²) >= 11 is 0. The predicted octanol–water partition coefficient (Wildman–Crippen LogP) is 3.12. The van der Waals surface area contributed by atoms with Gasteiger partial charge in [0, 0.05) is 0 Å². The molecule has 0 aromatic heterocycles. The van der Waals surface area contributed by atoms with Crippen LogP contribution < -0.4 is 0 Å². The van der Waals surface area contributed by atoms with Crippen LogP contribution in [0.25, 0.3) is 0 Å². The summed E-state index contributed by atoms with van der Waals surface area (Å²) in [6.45, 7) is 6.23. The van der Waals surface area contributed by atoms with Crippen LogP contribution in [0.3, 0.4) is 0 Å². The Morgan fingerprint density at radius 1 is 1.07 bits per heavy atom. The highest BCUT2D eigenvalue weighted by atomic mass is 16.3. The van der Waals surface area contributed by atoms with Gasteiger partial charge in [-0.2, -0.15) is 0 Å². The molecular formula is C13H20O. The quantitative estimate of drug-likeness (QED) is 0.777. The third-order valence-electron chi connectivity index (χ3n) is 2.50. The van der Waals surface area contributed by atoms with E-state index in [0.29, 0.717) is 5.92 Å². The minimum Gasteiger partial charge on any atom is -0.393 e. The fourth-order valence-corrected chi connectivity index (χ4v) is 1.44. The van der Waals surface area contributed by atoms with Crippen molar-refractivity contribution < 1.29 is 5.11 Å². The Balaban J connectivity index is 2.55. The zero-order valence-corrected chi connectivity index (χ0v) is 9.33. The van der Waals surface area contributed by atoms with E-state index in [1.54, 1.807) is 0 Å². The first-order valence-electron chi connectivity index (χ1n) is 5.36. The predicted molar refractivity (Wildman–Crippen MR) is 60.5 cm³/mol. The smallest absolute Gasteiger partial charge is 0.0515 e. The van der Waals surface area contributed by atoms with Crippen LogP contribution in [-0.2, 0) is 6.42 Å². The number of rotatable bonds is 4. The van der Waals surface area contributed by atoms with Crippen molar-refractivity contribution in [3.8, 4) is 0 Å². The van der Waals surface area contributed by atoms with E-state index in [4.69, 9.17) is 5.11 Å². The Morgan fingerprint density at radius 3 is 2.07 bits per heavy atom. The van der Waals surface area contributed by atoms with Gasteiger partial charge in [-0.15, -0.1) is 0 Å². The number of hydrogen-bond donors (Lipinski definition) is 1. The normalized spacial score (nSPS) is 13.2. The molecule has 1 aromatic carbocycles. The van der Waals surface area contributed by atoms with Crippen LogP contribution >= 0.6 is 0 Å². The second kappa shape index (κ2) is 5.16. The molecule has 1 heteroatoms. The number of aliphatic hydroxyl groups is 1. The van der Waals surface area contributed by atoms with E-state index in [9.17, 15) is 0 Å². The Kier molecular flexibility index (Phi) is 4.15. The lowest BCUT2D eigenvalue weighted by atomic mass is 10.00.